The summed E-state index contributed by atoms with van der Waals surface area (Å²) in [6.07, 6.45) is 3.69. The molecule has 2 heteroatoms. The molecule has 0 bridgehead atoms. The minimum Gasteiger partial charge on any atom is -0.264 e. The van der Waals surface area contributed by atoms with Gasteiger partial charge in [0.15, 0.2) is 0 Å². The summed E-state index contributed by atoms with van der Waals surface area (Å²) >= 11 is 5.87. The van der Waals surface area contributed by atoms with E-state index >= 15 is 0 Å². The number of hydrogen-bond acceptors (Lipinski definition) is 1. The van der Waals surface area contributed by atoms with E-state index in [0.29, 0.717) is 0 Å². The minimum atomic E-state index is 0.775. The van der Waals surface area contributed by atoms with E-state index in [1.807, 2.05) is 37.5 Å². The number of pyridine rings is 1. The van der Waals surface area contributed by atoms with E-state index in [2.05, 4.69) is 4.98 Å². The van der Waals surface area contributed by atoms with Gasteiger partial charge in [-0.05, 0) is 30.0 Å². The second kappa shape index (κ2) is 2.76. The molecule has 2 aromatic rings. The lowest BCUT2D eigenvalue weighted by atomic mass is 10.1. The van der Waals surface area contributed by atoms with Gasteiger partial charge in [0.05, 0.1) is 0 Å². The van der Waals surface area contributed by atoms with Gasteiger partial charge >= 0.3 is 0 Å². The number of aromatic nitrogens is 1. The zero-order chi connectivity index (χ0) is 8.55. The number of aryl methyl sites for hydroxylation is 1. The van der Waals surface area contributed by atoms with Crippen LogP contribution < -0.4 is 0 Å². The lowest BCUT2D eigenvalue weighted by Gasteiger charge is -2.00. The topological polar surface area (TPSA) is 12.9 Å². The maximum absolute atomic E-state index is 5.87. The highest BCUT2D eigenvalue weighted by atomic mass is 35.5. The van der Waals surface area contributed by atoms with Crippen LogP contribution in [-0.4, -0.2) is 4.98 Å². The van der Waals surface area contributed by atoms with Gasteiger partial charge in [0.25, 0.3) is 0 Å². The Morgan fingerprint density at radius 1 is 1.25 bits per heavy atom. The standard InChI is InChI=1S/C10H8ClN/c1-7-5-12-6-8-2-3-9(11)4-10(7)8/h2-6H,1H3. The number of nitrogens with zero attached hydrogens (tertiary/aromatic N) is 1. The molecular formula is C10H8ClN. The highest BCUT2D eigenvalue weighted by Gasteiger charge is 1.96. The van der Waals surface area contributed by atoms with E-state index in [1.165, 1.54) is 5.39 Å². The molecule has 0 fully saturated rings. The molecule has 0 aliphatic rings. The average molecular weight is 178 g/mol. The molecule has 60 valence electrons. The summed E-state index contributed by atoms with van der Waals surface area (Å²) in [7, 11) is 0. The molecule has 0 spiro atoms. The van der Waals surface area contributed by atoms with E-state index in [0.717, 1.165) is 16.0 Å². The number of fused-ring (bicyclic) bond motifs is 1. The van der Waals surface area contributed by atoms with Crippen molar-refractivity contribution in [2.45, 2.75) is 6.92 Å². The number of hydrogen-bond donors (Lipinski definition) is 0. The summed E-state index contributed by atoms with van der Waals surface area (Å²) < 4.78 is 0. The Balaban J connectivity index is 2.88. The van der Waals surface area contributed by atoms with Crippen LogP contribution in [0.3, 0.4) is 0 Å². The van der Waals surface area contributed by atoms with E-state index in [-0.39, 0.29) is 0 Å². The highest BCUT2D eigenvalue weighted by molar-refractivity contribution is 6.31. The molecule has 0 N–H and O–H groups in total. The van der Waals surface area contributed by atoms with Gasteiger partial charge in [-0.2, -0.15) is 0 Å². The van der Waals surface area contributed by atoms with E-state index < -0.39 is 0 Å². The summed E-state index contributed by atoms with van der Waals surface area (Å²) in [4.78, 5) is 4.10. The van der Waals surface area contributed by atoms with Gasteiger partial charge in [0.2, 0.25) is 0 Å². The third-order valence-electron chi connectivity index (χ3n) is 1.92. The molecule has 0 unspecified atom stereocenters. The van der Waals surface area contributed by atoms with E-state index in [4.69, 9.17) is 11.6 Å². The largest absolute Gasteiger partial charge is 0.264 e. The second-order valence-electron chi connectivity index (χ2n) is 2.82. The molecule has 1 aromatic heterocycles. The monoisotopic (exact) mass is 177 g/mol. The Bertz CT molecular complexity index is 423. The zero-order valence-corrected chi connectivity index (χ0v) is 7.47. The highest BCUT2D eigenvalue weighted by Crippen LogP contribution is 2.20. The van der Waals surface area contributed by atoms with Crippen molar-refractivity contribution < 1.29 is 0 Å². The Morgan fingerprint density at radius 3 is 2.92 bits per heavy atom. The minimum absolute atomic E-state index is 0.775. The van der Waals surface area contributed by atoms with Crippen LogP contribution in [0.5, 0.6) is 0 Å². The molecular weight excluding hydrogens is 170 g/mol. The Hall–Kier alpha value is -1.08. The lowest BCUT2D eigenvalue weighted by Crippen LogP contribution is -1.80. The first-order valence-electron chi connectivity index (χ1n) is 3.77. The molecule has 0 radical (unpaired) electrons. The van der Waals surface area contributed by atoms with E-state index in [1.54, 1.807) is 0 Å². The van der Waals surface area contributed by atoms with Crippen LogP contribution in [0, 0.1) is 6.92 Å². The second-order valence-corrected chi connectivity index (χ2v) is 3.26. The van der Waals surface area contributed by atoms with Crippen LogP contribution in [0.4, 0.5) is 0 Å². The summed E-state index contributed by atoms with van der Waals surface area (Å²) in [6.45, 7) is 2.03. The normalized spacial score (nSPS) is 10.5. The van der Waals surface area contributed by atoms with Gasteiger partial charge in [-0.25, -0.2) is 0 Å². The molecule has 0 saturated heterocycles. The number of rotatable bonds is 0. The van der Waals surface area contributed by atoms with Gasteiger partial charge in [0.1, 0.15) is 0 Å². The van der Waals surface area contributed by atoms with Crippen LogP contribution >= 0.6 is 11.6 Å². The van der Waals surface area contributed by atoms with E-state index in [9.17, 15) is 0 Å². The number of benzene rings is 1. The SMILES string of the molecule is Cc1cncc2ccc(Cl)cc12. The summed E-state index contributed by atoms with van der Waals surface area (Å²) in [6, 6.07) is 5.83. The maximum Gasteiger partial charge on any atom is 0.0412 e. The number of halogens is 1. The zero-order valence-electron chi connectivity index (χ0n) is 6.71. The summed E-state index contributed by atoms with van der Waals surface area (Å²) in [5.41, 5.74) is 1.16. The molecule has 1 heterocycles. The van der Waals surface area contributed by atoms with Crippen molar-refractivity contribution in [2.24, 2.45) is 0 Å². The van der Waals surface area contributed by atoms with Crippen molar-refractivity contribution in [2.75, 3.05) is 0 Å². The van der Waals surface area contributed by atoms with Crippen molar-refractivity contribution in [1.29, 1.82) is 0 Å². The predicted octanol–water partition coefficient (Wildman–Crippen LogP) is 3.20. The first-order chi connectivity index (χ1) is 5.77. The molecule has 1 aromatic carbocycles. The van der Waals surface area contributed by atoms with Gasteiger partial charge in [0, 0.05) is 22.8 Å². The van der Waals surface area contributed by atoms with Crippen molar-refractivity contribution in [1.82, 2.24) is 4.98 Å². The molecule has 0 aliphatic carbocycles. The first kappa shape index (κ1) is 7.56. The fourth-order valence-electron chi connectivity index (χ4n) is 1.28. The fraction of sp³-hybridized carbons (Fsp3) is 0.100. The quantitative estimate of drug-likeness (QED) is 0.602. The smallest absolute Gasteiger partial charge is 0.0412 e. The molecule has 1 nitrogen and oxygen atoms in total. The van der Waals surface area contributed by atoms with Crippen LogP contribution in [0.2, 0.25) is 5.02 Å². The van der Waals surface area contributed by atoms with Crippen LogP contribution in [0.1, 0.15) is 5.56 Å². The lowest BCUT2D eigenvalue weighted by molar-refractivity contribution is 1.31. The molecule has 2 rings (SSSR count). The average Bonchev–Trinajstić information content (AvgIpc) is 2.07. The third-order valence-corrected chi connectivity index (χ3v) is 2.16. The maximum atomic E-state index is 5.87. The van der Waals surface area contributed by atoms with Crippen molar-refractivity contribution in [3.63, 3.8) is 0 Å². The molecule has 0 saturated carbocycles. The van der Waals surface area contributed by atoms with Gasteiger partial charge in [-0.3, -0.25) is 4.98 Å². The van der Waals surface area contributed by atoms with Crippen LogP contribution in [0.15, 0.2) is 30.6 Å². The molecule has 0 aliphatic heterocycles. The van der Waals surface area contributed by atoms with Crippen LogP contribution in [0.25, 0.3) is 10.8 Å². The Labute approximate surface area is 76.0 Å². The van der Waals surface area contributed by atoms with Crippen molar-refractivity contribution >= 4 is 22.4 Å². The van der Waals surface area contributed by atoms with Crippen molar-refractivity contribution in [3.8, 4) is 0 Å². The molecule has 12 heavy (non-hydrogen) atoms. The third kappa shape index (κ3) is 1.16. The summed E-state index contributed by atoms with van der Waals surface area (Å²) in [5, 5.41) is 3.09. The van der Waals surface area contributed by atoms with Gasteiger partial charge in [-0.15, -0.1) is 0 Å². The summed E-state index contributed by atoms with van der Waals surface area (Å²) in [5.74, 6) is 0. The molecule has 0 amide bonds. The van der Waals surface area contributed by atoms with Gasteiger partial charge < -0.3 is 0 Å². The first-order valence-corrected chi connectivity index (χ1v) is 4.15. The Kier molecular flexibility index (Phi) is 1.74. The predicted molar refractivity (Wildman–Crippen MR) is 51.5 cm³/mol. The fourth-order valence-corrected chi connectivity index (χ4v) is 1.45. The molecule has 0 atom stereocenters. The Morgan fingerprint density at radius 2 is 2.08 bits per heavy atom. The van der Waals surface area contributed by atoms with Crippen molar-refractivity contribution in [3.05, 3.63) is 41.2 Å². The van der Waals surface area contributed by atoms with Gasteiger partial charge in [-0.1, -0.05) is 17.7 Å². The van der Waals surface area contributed by atoms with Crippen LogP contribution in [-0.2, 0) is 0 Å².